The fourth-order valence-corrected chi connectivity index (χ4v) is 7.11. The lowest BCUT2D eigenvalue weighted by Gasteiger charge is -2.17. The zero-order valence-electron chi connectivity index (χ0n) is 34.0. The lowest BCUT2D eigenvalue weighted by Crippen LogP contribution is -2.19. The highest BCUT2D eigenvalue weighted by molar-refractivity contribution is 5.69. The maximum Gasteiger partial charge on any atom is 0.306 e. The SMILES string of the molecule is CCCCCCCC/C=C\CCCCCCCCCCCCCC(=O)OC(CCCCCCCCCCCCCCCCCC)CCC(=O)O. The Balaban J connectivity index is 3.64. The van der Waals surface area contributed by atoms with Gasteiger partial charge in [-0.25, -0.2) is 0 Å². The Morgan fingerprint density at radius 3 is 1.10 bits per heavy atom. The van der Waals surface area contributed by atoms with Crippen molar-refractivity contribution < 1.29 is 19.4 Å². The molecule has 4 nitrogen and oxygen atoms in total. The molecule has 0 rings (SSSR count). The average molecular weight is 705 g/mol. The molecule has 0 heterocycles. The number of ether oxygens (including phenoxy) is 1. The van der Waals surface area contributed by atoms with Gasteiger partial charge in [-0.2, -0.15) is 0 Å². The van der Waals surface area contributed by atoms with E-state index in [1.165, 1.54) is 199 Å². The van der Waals surface area contributed by atoms with Gasteiger partial charge in [-0.1, -0.05) is 212 Å². The van der Waals surface area contributed by atoms with Crippen LogP contribution in [-0.2, 0) is 14.3 Å². The summed E-state index contributed by atoms with van der Waals surface area (Å²) in [5, 5.41) is 9.15. The Morgan fingerprint density at radius 2 is 0.740 bits per heavy atom. The lowest BCUT2D eigenvalue weighted by molar-refractivity contribution is -0.151. The molecule has 0 saturated carbocycles. The first-order valence-electron chi connectivity index (χ1n) is 22.7. The third-order valence-corrected chi connectivity index (χ3v) is 10.5. The summed E-state index contributed by atoms with van der Waals surface area (Å²) in [5.74, 6) is -0.940. The highest BCUT2D eigenvalue weighted by Crippen LogP contribution is 2.18. The summed E-state index contributed by atoms with van der Waals surface area (Å²) >= 11 is 0. The molecule has 0 aromatic heterocycles. The summed E-state index contributed by atoms with van der Waals surface area (Å²) in [6.45, 7) is 4.56. The maximum absolute atomic E-state index is 12.5. The van der Waals surface area contributed by atoms with Crippen molar-refractivity contribution in [3.8, 4) is 0 Å². The number of unbranched alkanes of at least 4 members (excludes halogenated alkanes) is 32. The number of carbonyl (C=O) groups is 2. The molecule has 0 spiro atoms. The van der Waals surface area contributed by atoms with Gasteiger partial charge >= 0.3 is 11.9 Å². The number of rotatable bonds is 42. The predicted molar refractivity (Wildman–Crippen MR) is 218 cm³/mol. The van der Waals surface area contributed by atoms with Crippen LogP contribution in [0.15, 0.2) is 12.2 Å². The van der Waals surface area contributed by atoms with Gasteiger partial charge in [-0.3, -0.25) is 9.59 Å². The first-order valence-corrected chi connectivity index (χ1v) is 22.7. The highest BCUT2D eigenvalue weighted by Gasteiger charge is 2.16. The quantitative estimate of drug-likeness (QED) is 0.0390. The molecule has 0 aromatic carbocycles. The van der Waals surface area contributed by atoms with Crippen LogP contribution in [0.1, 0.15) is 264 Å². The second kappa shape index (κ2) is 42.1. The van der Waals surface area contributed by atoms with Crippen molar-refractivity contribution in [3.63, 3.8) is 0 Å². The molecule has 0 amide bonds. The van der Waals surface area contributed by atoms with Crippen LogP contribution >= 0.6 is 0 Å². The number of allylic oxidation sites excluding steroid dienone is 2. The largest absolute Gasteiger partial charge is 0.481 e. The summed E-state index contributed by atoms with van der Waals surface area (Å²) in [7, 11) is 0. The van der Waals surface area contributed by atoms with Gasteiger partial charge in [0.1, 0.15) is 6.10 Å². The van der Waals surface area contributed by atoms with Gasteiger partial charge in [-0.05, 0) is 51.4 Å². The maximum atomic E-state index is 12.5. The van der Waals surface area contributed by atoms with E-state index in [0.717, 1.165) is 32.1 Å². The van der Waals surface area contributed by atoms with Gasteiger partial charge in [0.15, 0.2) is 0 Å². The number of hydrogen-bond acceptors (Lipinski definition) is 3. The zero-order valence-corrected chi connectivity index (χ0v) is 34.0. The summed E-state index contributed by atoms with van der Waals surface area (Å²) in [6, 6.07) is 0. The third kappa shape index (κ3) is 41.1. The Morgan fingerprint density at radius 1 is 0.420 bits per heavy atom. The van der Waals surface area contributed by atoms with Gasteiger partial charge in [0.05, 0.1) is 0 Å². The Kier molecular flexibility index (Phi) is 41.0. The number of carbonyl (C=O) groups excluding carboxylic acids is 1. The molecule has 0 aliphatic carbocycles. The molecule has 0 aliphatic heterocycles. The summed E-state index contributed by atoms with van der Waals surface area (Å²) < 4.78 is 5.76. The second-order valence-corrected chi connectivity index (χ2v) is 15.6. The fraction of sp³-hybridized carbons (Fsp3) is 0.913. The van der Waals surface area contributed by atoms with E-state index >= 15 is 0 Å². The minimum atomic E-state index is -0.806. The second-order valence-electron chi connectivity index (χ2n) is 15.6. The van der Waals surface area contributed by atoms with Crippen molar-refractivity contribution in [2.24, 2.45) is 0 Å². The predicted octanol–water partition coefficient (Wildman–Crippen LogP) is 15.8. The molecular formula is C46H88O4. The topological polar surface area (TPSA) is 63.6 Å². The third-order valence-electron chi connectivity index (χ3n) is 10.5. The van der Waals surface area contributed by atoms with Crippen LogP contribution in [0.3, 0.4) is 0 Å². The van der Waals surface area contributed by atoms with Crippen LogP contribution in [0, 0.1) is 0 Å². The number of carboxylic acids is 1. The van der Waals surface area contributed by atoms with Crippen molar-refractivity contribution in [1.82, 2.24) is 0 Å². The molecule has 296 valence electrons. The van der Waals surface area contributed by atoms with Crippen LogP contribution in [0.25, 0.3) is 0 Å². The van der Waals surface area contributed by atoms with Crippen molar-refractivity contribution >= 4 is 11.9 Å². The van der Waals surface area contributed by atoms with E-state index in [0.29, 0.717) is 12.8 Å². The summed E-state index contributed by atoms with van der Waals surface area (Å²) in [5.41, 5.74) is 0. The molecular weight excluding hydrogens is 617 g/mol. The van der Waals surface area contributed by atoms with E-state index in [4.69, 9.17) is 9.84 Å². The Labute approximate surface area is 313 Å². The van der Waals surface area contributed by atoms with Gasteiger partial charge in [0.25, 0.3) is 0 Å². The van der Waals surface area contributed by atoms with E-state index in [-0.39, 0.29) is 18.5 Å². The molecule has 1 atom stereocenters. The number of esters is 1. The number of aliphatic carboxylic acids is 1. The molecule has 0 saturated heterocycles. The van der Waals surface area contributed by atoms with Crippen molar-refractivity contribution in [2.75, 3.05) is 0 Å². The Hall–Kier alpha value is -1.32. The van der Waals surface area contributed by atoms with Crippen LogP contribution < -0.4 is 0 Å². The van der Waals surface area contributed by atoms with Crippen molar-refractivity contribution in [2.45, 2.75) is 270 Å². The van der Waals surface area contributed by atoms with Crippen molar-refractivity contribution in [1.29, 1.82) is 0 Å². The minimum Gasteiger partial charge on any atom is -0.481 e. The molecule has 0 fully saturated rings. The summed E-state index contributed by atoms with van der Waals surface area (Å²) in [6.07, 6.45) is 52.5. The number of carboxylic acid groups (broad SMARTS) is 1. The van der Waals surface area contributed by atoms with E-state index in [2.05, 4.69) is 26.0 Å². The van der Waals surface area contributed by atoms with Crippen LogP contribution in [-0.4, -0.2) is 23.1 Å². The highest BCUT2D eigenvalue weighted by atomic mass is 16.5. The van der Waals surface area contributed by atoms with E-state index < -0.39 is 5.97 Å². The first-order chi connectivity index (χ1) is 24.6. The number of hydrogen-bond donors (Lipinski definition) is 1. The van der Waals surface area contributed by atoms with Crippen LogP contribution in [0.5, 0.6) is 0 Å². The van der Waals surface area contributed by atoms with Crippen LogP contribution in [0.4, 0.5) is 0 Å². The van der Waals surface area contributed by atoms with E-state index in [9.17, 15) is 9.59 Å². The molecule has 1 N–H and O–H groups in total. The molecule has 0 aromatic rings. The van der Waals surface area contributed by atoms with E-state index in [1.807, 2.05) is 0 Å². The van der Waals surface area contributed by atoms with Gasteiger partial charge < -0.3 is 9.84 Å². The fourth-order valence-electron chi connectivity index (χ4n) is 7.11. The standard InChI is InChI=1S/C46H88O4/c1-3-5-7-9-11-13-15-17-19-21-22-23-24-25-27-29-31-33-35-37-39-41-46(49)50-44(42-43-45(47)48)40-38-36-34-32-30-28-26-20-18-16-14-12-10-8-6-4-2/h17,19,44H,3-16,18,20-43H2,1-2H3,(H,47,48)/b19-17-. The van der Waals surface area contributed by atoms with Gasteiger partial charge in [0.2, 0.25) is 0 Å². The average Bonchev–Trinajstić information content (AvgIpc) is 3.10. The smallest absolute Gasteiger partial charge is 0.306 e. The molecule has 0 radical (unpaired) electrons. The van der Waals surface area contributed by atoms with Crippen molar-refractivity contribution in [3.05, 3.63) is 12.2 Å². The zero-order chi connectivity index (χ0) is 36.4. The van der Waals surface area contributed by atoms with E-state index in [1.54, 1.807) is 0 Å². The van der Waals surface area contributed by atoms with Gasteiger partial charge in [-0.15, -0.1) is 0 Å². The molecule has 50 heavy (non-hydrogen) atoms. The summed E-state index contributed by atoms with van der Waals surface area (Å²) in [4.78, 5) is 23.6. The molecule has 0 aliphatic rings. The monoisotopic (exact) mass is 705 g/mol. The normalized spacial score (nSPS) is 12.2. The molecule has 0 bridgehead atoms. The molecule has 1 unspecified atom stereocenters. The Bertz CT molecular complexity index is 717. The lowest BCUT2D eigenvalue weighted by atomic mass is 10.0. The minimum absolute atomic E-state index is 0.0769. The van der Waals surface area contributed by atoms with Crippen LogP contribution in [0.2, 0.25) is 0 Å². The van der Waals surface area contributed by atoms with Gasteiger partial charge in [0, 0.05) is 12.8 Å². The molecule has 4 heteroatoms. The first kappa shape index (κ1) is 48.7.